The van der Waals surface area contributed by atoms with E-state index in [1.807, 2.05) is 6.07 Å². The molecule has 0 saturated carbocycles. The monoisotopic (exact) mass is 417 g/mol. The molecular weight excluding hydrogens is 402 g/mol. The number of hydrogen-bond acceptors (Lipinski definition) is 5. The summed E-state index contributed by atoms with van der Waals surface area (Å²) in [6, 6.07) is 14.1. The van der Waals surface area contributed by atoms with Crippen molar-refractivity contribution in [1.82, 2.24) is 9.62 Å². The summed E-state index contributed by atoms with van der Waals surface area (Å²) in [6.45, 7) is -0.570. The van der Waals surface area contributed by atoms with Gasteiger partial charge >= 0.3 is 0 Å². The quantitative estimate of drug-likeness (QED) is 0.814. The summed E-state index contributed by atoms with van der Waals surface area (Å²) in [5.74, 6) is -2.00. The van der Waals surface area contributed by atoms with E-state index in [0.717, 1.165) is 0 Å². The molecular formula is C19H16ClN3O4S. The molecule has 0 bridgehead atoms. The molecule has 28 heavy (non-hydrogen) atoms. The number of rotatable bonds is 4. The van der Waals surface area contributed by atoms with Gasteiger partial charge in [-0.05, 0) is 48.4 Å². The molecule has 1 atom stereocenters. The minimum atomic E-state index is -4.21. The smallest absolute Gasteiger partial charge is 0.266 e. The van der Waals surface area contributed by atoms with Gasteiger partial charge in [0.15, 0.2) is 0 Å². The molecule has 1 N–H and O–H groups in total. The molecule has 9 heteroatoms. The third-order valence-corrected chi connectivity index (χ3v) is 6.38. The minimum Gasteiger partial charge on any atom is -0.354 e. The predicted octanol–water partition coefficient (Wildman–Crippen LogP) is 1.72. The Morgan fingerprint density at radius 2 is 1.89 bits per heavy atom. The van der Waals surface area contributed by atoms with Crippen molar-refractivity contribution < 1.29 is 18.0 Å². The molecule has 1 heterocycles. The van der Waals surface area contributed by atoms with Gasteiger partial charge < -0.3 is 5.32 Å². The van der Waals surface area contributed by atoms with Gasteiger partial charge in [-0.3, -0.25) is 9.59 Å². The highest BCUT2D eigenvalue weighted by Gasteiger charge is 2.38. The fourth-order valence-corrected chi connectivity index (χ4v) is 4.47. The fraction of sp³-hybridized carbons (Fsp3) is 0.211. The van der Waals surface area contributed by atoms with Crippen molar-refractivity contribution >= 4 is 33.4 Å². The van der Waals surface area contributed by atoms with Crippen LogP contribution in [0.5, 0.6) is 0 Å². The highest BCUT2D eigenvalue weighted by atomic mass is 35.5. The van der Waals surface area contributed by atoms with Crippen LogP contribution in [0.1, 0.15) is 11.1 Å². The Labute approximate surface area is 167 Å². The van der Waals surface area contributed by atoms with E-state index in [1.54, 1.807) is 24.3 Å². The van der Waals surface area contributed by atoms with Gasteiger partial charge in [-0.15, -0.1) is 0 Å². The summed E-state index contributed by atoms with van der Waals surface area (Å²) in [5.41, 5.74) is 1.14. The van der Waals surface area contributed by atoms with E-state index in [9.17, 15) is 18.0 Å². The van der Waals surface area contributed by atoms with Gasteiger partial charge in [-0.2, -0.15) is 5.26 Å². The average Bonchev–Trinajstić information content (AvgIpc) is 2.82. The van der Waals surface area contributed by atoms with Crippen LogP contribution < -0.4 is 5.32 Å². The Morgan fingerprint density at radius 3 is 2.57 bits per heavy atom. The topological polar surface area (TPSA) is 107 Å². The number of nitrogens with zero attached hydrogens (tertiary/aromatic N) is 2. The number of nitrogens with one attached hydrogen (secondary N) is 1. The van der Waals surface area contributed by atoms with E-state index >= 15 is 0 Å². The van der Waals surface area contributed by atoms with E-state index in [2.05, 4.69) is 5.32 Å². The number of benzene rings is 2. The van der Waals surface area contributed by atoms with Gasteiger partial charge in [0.25, 0.3) is 10.0 Å². The number of hydrogen-bond donors (Lipinski definition) is 1. The van der Waals surface area contributed by atoms with Gasteiger partial charge in [0.1, 0.15) is 6.54 Å². The van der Waals surface area contributed by atoms with E-state index in [1.165, 1.54) is 24.3 Å². The van der Waals surface area contributed by atoms with Gasteiger partial charge in [0.05, 0.1) is 22.4 Å². The Hall–Kier alpha value is -2.89. The van der Waals surface area contributed by atoms with Crippen LogP contribution in [0, 0.1) is 17.2 Å². The lowest BCUT2D eigenvalue weighted by Gasteiger charge is -2.23. The maximum atomic E-state index is 13.0. The molecule has 2 aromatic rings. The fourth-order valence-electron chi connectivity index (χ4n) is 2.94. The molecule has 2 aromatic carbocycles. The molecule has 0 aliphatic carbocycles. The second kappa shape index (κ2) is 8.00. The standard InChI is InChI=1S/C19H16ClN3O4S/c20-16-4-6-17(7-5-16)28(26,27)23-12-18(24)22-11-15(19(23)25)9-13-2-1-3-14(8-13)10-21/h1-8,15H,9,11-12H2,(H,22,24). The van der Waals surface area contributed by atoms with Crippen LogP contribution in [-0.4, -0.2) is 37.6 Å². The summed E-state index contributed by atoms with van der Waals surface area (Å²) < 4.78 is 26.5. The molecule has 144 valence electrons. The lowest BCUT2D eigenvalue weighted by Crippen LogP contribution is -2.42. The zero-order valence-corrected chi connectivity index (χ0v) is 16.2. The SMILES string of the molecule is N#Cc1cccc(CC2CNC(=O)CN(S(=O)(=O)c3ccc(Cl)cc3)C2=O)c1. The highest BCUT2D eigenvalue weighted by Crippen LogP contribution is 2.23. The molecule has 2 amide bonds. The second-order valence-electron chi connectivity index (χ2n) is 6.32. The van der Waals surface area contributed by atoms with E-state index in [4.69, 9.17) is 16.9 Å². The van der Waals surface area contributed by atoms with Crippen molar-refractivity contribution in [2.24, 2.45) is 5.92 Å². The van der Waals surface area contributed by atoms with E-state index in [0.29, 0.717) is 20.5 Å². The molecule has 1 fully saturated rings. The maximum absolute atomic E-state index is 13.0. The summed E-state index contributed by atoms with van der Waals surface area (Å²) in [6.07, 6.45) is 0.196. The van der Waals surface area contributed by atoms with E-state index in [-0.39, 0.29) is 17.9 Å². The lowest BCUT2D eigenvalue weighted by atomic mass is 9.97. The number of halogens is 1. The molecule has 1 unspecified atom stereocenters. The molecule has 7 nitrogen and oxygen atoms in total. The van der Waals surface area contributed by atoms with Gasteiger partial charge in [-0.25, -0.2) is 12.7 Å². The first-order valence-corrected chi connectivity index (χ1v) is 10.2. The Kier molecular flexibility index (Phi) is 5.68. The summed E-state index contributed by atoms with van der Waals surface area (Å²) in [5, 5.41) is 12.0. The molecule has 3 rings (SSSR count). The van der Waals surface area contributed by atoms with Crippen molar-refractivity contribution in [1.29, 1.82) is 5.26 Å². The second-order valence-corrected chi connectivity index (χ2v) is 8.62. The van der Waals surface area contributed by atoms with Crippen molar-refractivity contribution in [3.63, 3.8) is 0 Å². The van der Waals surface area contributed by atoms with Crippen molar-refractivity contribution in [3.8, 4) is 6.07 Å². The van der Waals surface area contributed by atoms with Crippen LogP contribution in [0.25, 0.3) is 0 Å². The van der Waals surface area contributed by atoms with Crippen LogP contribution in [0.2, 0.25) is 5.02 Å². The first-order valence-electron chi connectivity index (χ1n) is 8.39. The zero-order chi connectivity index (χ0) is 20.3. The lowest BCUT2D eigenvalue weighted by molar-refractivity contribution is -0.131. The molecule has 0 aromatic heterocycles. The first kappa shape index (κ1) is 19.9. The molecule has 1 aliphatic rings. The van der Waals surface area contributed by atoms with E-state index < -0.39 is 34.3 Å². The average molecular weight is 418 g/mol. The summed E-state index contributed by atoms with van der Waals surface area (Å²) in [4.78, 5) is 24.9. The third-order valence-electron chi connectivity index (χ3n) is 4.37. The molecule has 0 radical (unpaired) electrons. The largest absolute Gasteiger partial charge is 0.354 e. The maximum Gasteiger partial charge on any atom is 0.266 e. The summed E-state index contributed by atoms with van der Waals surface area (Å²) in [7, 11) is -4.21. The number of carbonyl (C=O) groups excluding carboxylic acids is 2. The minimum absolute atomic E-state index is 0.0150. The predicted molar refractivity (Wildman–Crippen MR) is 102 cm³/mol. The number of carbonyl (C=O) groups is 2. The summed E-state index contributed by atoms with van der Waals surface area (Å²) >= 11 is 5.80. The van der Waals surface area contributed by atoms with Gasteiger partial charge in [0.2, 0.25) is 11.8 Å². The van der Waals surface area contributed by atoms with Crippen LogP contribution in [0.15, 0.2) is 53.4 Å². The van der Waals surface area contributed by atoms with Crippen molar-refractivity contribution in [2.75, 3.05) is 13.1 Å². The van der Waals surface area contributed by atoms with Crippen LogP contribution in [0.3, 0.4) is 0 Å². The molecule has 1 saturated heterocycles. The number of amides is 2. The normalized spacial score (nSPS) is 17.6. The molecule has 0 spiro atoms. The molecule has 1 aliphatic heterocycles. The zero-order valence-electron chi connectivity index (χ0n) is 14.6. The van der Waals surface area contributed by atoms with Crippen molar-refractivity contribution in [3.05, 3.63) is 64.7 Å². The van der Waals surface area contributed by atoms with Crippen LogP contribution in [0.4, 0.5) is 0 Å². The first-order chi connectivity index (χ1) is 13.3. The Bertz CT molecular complexity index is 1060. The number of nitriles is 1. The Morgan fingerprint density at radius 1 is 1.18 bits per heavy atom. The van der Waals surface area contributed by atoms with Gasteiger partial charge in [-0.1, -0.05) is 23.7 Å². The van der Waals surface area contributed by atoms with Crippen LogP contribution in [-0.2, 0) is 26.0 Å². The van der Waals surface area contributed by atoms with Crippen LogP contribution >= 0.6 is 11.6 Å². The Balaban J connectivity index is 1.92. The number of sulfonamides is 1. The van der Waals surface area contributed by atoms with Crippen molar-refractivity contribution in [2.45, 2.75) is 11.3 Å². The highest BCUT2D eigenvalue weighted by molar-refractivity contribution is 7.89. The van der Waals surface area contributed by atoms with Gasteiger partial charge in [0, 0.05) is 11.6 Å². The third kappa shape index (κ3) is 4.16.